The Morgan fingerprint density at radius 1 is 1.13 bits per heavy atom. The Morgan fingerprint density at radius 3 is 2.60 bits per heavy atom. The smallest absolute Gasteiger partial charge is 0.00204 e. The van der Waals surface area contributed by atoms with Gasteiger partial charge in [0.15, 0.2) is 0 Å². The van der Waals surface area contributed by atoms with Crippen LogP contribution in [-0.2, 0) is 0 Å². The highest BCUT2D eigenvalue weighted by atomic mass is 14.9. The summed E-state index contributed by atoms with van der Waals surface area (Å²) in [6.45, 7) is 7.46. The van der Waals surface area contributed by atoms with Gasteiger partial charge < -0.3 is 5.32 Å². The maximum Gasteiger partial charge on any atom is -0.00204 e. The van der Waals surface area contributed by atoms with Crippen LogP contribution in [0.15, 0.2) is 0 Å². The van der Waals surface area contributed by atoms with Gasteiger partial charge in [0, 0.05) is 0 Å². The van der Waals surface area contributed by atoms with Crippen molar-refractivity contribution < 1.29 is 0 Å². The number of nitrogens with one attached hydrogen (secondary N) is 1. The van der Waals surface area contributed by atoms with Crippen LogP contribution in [0.5, 0.6) is 0 Å². The molecule has 1 saturated heterocycles. The molecular formula is C14H27N. The number of rotatable bonds is 2. The van der Waals surface area contributed by atoms with E-state index in [4.69, 9.17) is 0 Å². The van der Waals surface area contributed by atoms with Crippen LogP contribution in [0.2, 0.25) is 0 Å². The fraction of sp³-hybridized carbons (Fsp3) is 1.00. The molecule has 88 valence electrons. The fourth-order valence-corrected chi connectivity index (χ4v) is 3.65. The highest BCUT2D eigenvalue weighted by Gasteiger charge is 2.29. The van der Waals surface area contributed by atoms with Crippen molar-refractivity contribution in [2.75, 3.05) is 13.1 Å². The van der Waals surface area contributed by atoms with Gasteiger partial charge in [0.1, 0.15) is 0 Å². The Balaban J connectivity index is 1.78. The SMILES string of the molecule is CC1(C)CCCC(CC2CCCNC2)C1. The number of hydrogen-bond acceptors (Lipinski definition) is 1. The third-order valence-corrected chi connectivity index (χ3v) is 4.37. The van der Waals surface area contributed by atoms with Gasteiger partial charge in [0.25, 0.3) is 0 Å². The molecule has 1 N–H and O–H groups in total. The summed E-state index contributed by atoms with van der Waals surface area (Å²) in [4.78, 5) is 0. The van der Waals surface area contributed by atoms with Crippen molar-refractivity contribution in [2.45, 2.75) is 58.8 Å². The topological polar surface area (TPSA) is 12.0 Å². The molecule has 0 aromatic rings. The van der Waals surface area contributed by atoms with Crippen molar-refractivity contribution >= 4 is 0 Å². The minimum absolute atomic E-state index is 0.630. The lowest BCUT2D eigenvalue weighted by molar-refractivity contribution is 0.151. The van der Waals surface area contributed by atoms with Crippen LogP contribution in [0.1, 0.15) is 58.8 Å². The van der Waals surface area contributed by atoms with Crippen molar-refractivity contribution in [2.24, 2.45) is 17.3 Å². The molecule has 1 heterocycles. The number of hydrogen-bond donors (Lipinski definition) is 1. The molecule has 2 unspecified atom stereocenters. The van der Waals surface area contributed by atoms with Crippen LogP contribution in [0.3, 0.4) is 0 Å². The Bertz CT molecular complexity index is 192. The van der Waals surface area contributed by atoms with E-state index in [-0.39, 0.29) is 0 Å². The lowest BCUT2D eigenvalue weighted by Gasteiger charge is -2.37. The highest BCUT2D eigenvalue weighted by Crippen LogP contribution is 2.41. The molecular weight excluding hydrogens is 182 g/mol. The minimum atomic E-state index is 0.630. The van der Waals surface area contributed by atoms with E-state index < -0.39 is 0 Å². The molecule has 0 bridgehead atoms. The molecule has 0 spiro atoms. The van der Waals surface area contributed by atoms with Gasteiger partial charge in [0.05, 0.1) is 0 Å². The summed E-state index contributed by atoms with van der Waals surface area (Å²) in [5.74, 6) is 2.01. The third-order valence-electron chi connectivity index (χ3n) is 4.37. The van der Waals surface area contributed by atoms with Gasteiger partial charge in [-0.05, 0) is 62.4 Å². The second-order valence-electron chi connectivity index (χ2n) is 6.57. The molecule has 1 nitrogen and oxygen atoms in total. The van der Waals surface area contributed by atoms with E-state index in [1.54, 1.807) is 0 Å². The fourth-order valence-electron chi connectivity index (χ4n) is 3.65. The molecule has 2 fully saturated rings. The maximum atomic E-state index is 3.55. The maximum absolute atomic E-state index is 3.55. The molecule has 15 heavy (non-hydrogen) atoms. The Morgan fingerprint density at radius 2 is 1.93 bits per heavy atom. The summed E-state index contributed by atoms with van der Waals surface area (Å²) >= 11 is 0. The Hall–Kier alpha value is -0.0400. The largest absolute Gasteiger partial charge is 0.316 e. The zero-order valence-corrected chi connectivity index (χ0v) is 10.5. The van der Waals surface area contributed by atoms with Crippen molar-refractivity contribution in [1.82, 2.24) is 5.32 Å². The predicted molar refractivity (Wildman–Crippen MR) is 65.9 cm³/mol. The first kappa shape index (κ1) is 11.4. The Kier molecular flexibility index (Phi) is 3.71. The molecule has 1 aliphatic carbocycles. The van der Waals surface area contributed by atoms with Crippen LogP contribution in [0.4, 0.5) is 0 Å². The molecule has 1 heteroatoms. The predicted octanol–water partition coefficient (Wildman–Crippen LogP) is 3.59. The molecule has 0 aromatic carbocycles. The van der Waals surface area contributed by atoms with Crippen molar-refractivity contribution in [1.29, 1.82) is 0 Å². The lowest BCUT2D eigenvalue weighted by Crippen LogP contribution is -2.32. The average molecular weight is 209 g/mol. The molecule has 1 saturated carbocycles. The van der Waals surface area contributed by atoms with E-state index in [0.29, 0.717) is 5.41 Å². The van der Waals surface area contributed by atoms with Crippen LogP contribution in [0.25, 0.3) is 0 Å². The summed E-state index contributed by atoms with van der Waals surface area (Å²) in [5, 5.41) is 3.55. The summed E-state index contributed by atoms with van der Waals surface area (Å²) < 4.78 is 0. The zero-order chi connectivity index (χ0) is 10.7. The lowest BCUT2D eigenvalue weighted by atomic mass is 9.69. The molecule has 2 aliphatic rings. The highest BCUT2D eigenvalue weighted by molar-refractivity contribution is 4.82. The minimum Gasteiger partial charge on any atom is -0.316 e. The van der Waals surface area contributed by atoms with Gasteiger partial charge in [-0.3, -0.25) is 0 Å². The van der Waals surface area contributed by atoms with Crippen LogP contribution in [0, 0.1) is 17.3 Å². The van der Waals surface area contributed by atoms with Crippen molar-refractivity contribution in [3.8, 4) is 0 Å². The van der Waals surface area contributed by atoms with Crippen LogP contribution in [-0.4, -0.2) is 13.1 Å². The molecule has 0 amide bonds. The normalized spacial score (nSPS) is 36.4. The first-order valence-electron chi connectivity index (χ1n) is 6.86. The van der Waals surface area contributed by atoms with E-state index in [9.17, 15) is 0 Å². The molecule has 0 aromatic heterocycles. The van der Waals surface area contributed by atoms with Gasteiger partial charge in [-0.15, -0.1) is 0 Å². The second-order valence-corrected chi connectivity index (χ2v) is 6.57. The van der Waals surface area contributed by atoms with E-state index in [1.165, 1.54) is 58.0 Å². The van der Waals surface area contributed by atoms with Gasteiger partial charge >= 0.3 is 0 Å². The number of piperidine rings is 1. The van der Waals surface area contributed by atoms with Crippen LogP contribution >= 0.6 is 0 Å². The summed E-state index contributed by atoms with van der Waals surface area (Å²) in [5.41, 5.74) is 0.630. The Labute approximate surface area is 95.0 Å². The van der Waals surface area contributed by atoms with Gasteiger partial charge in [-0.25, -0.2) is 0 Å². The van der Waals surface area contributed by atoms with Gasteiger partial charge in [-0.1, -0.05) is 26.7 Å². The molecule has 1 aliphatic heterocycles. The van der Waals surface area contributed by atoms with Gasteiger partial charge in [0.2, 0.25) is 0 Å². The van der Waals surface area contributed by atoms with Crippen LogP contribution < -0.4 is 5.32 Å². The second kappa shape index (κ2) is 4.86. The third kappa shape index (κ3) is 3.48. The van der Waals surface area contributed by atoms with E-state index in [2.05, 4.69) is 19.2 Å². The first-order chi connectivity index (χ1) is 7.16. The van der Waals surface area contributed by atoms with Crippen molar-refractivity contribution in [3.63, 3.8) is 0 Å². The standard InChI is InChI=1S/C14H27N/c1-14(2)7-3-5-12(10-14)9-13-6-4-8-15-11-13/h12-13,15H,3-11H2,1-2H3. The van der Waals surface area contributed by atoms with E-state index in [1.807, 2.05) is 0 Å². The van der Waals surface area contributed by atoms with E-state index in [0.717, 1.165) is 11.8 Å². The first-order valence-corrected chi connectivity index (χ1v) is 6.86. The van der Waals surface area contributed by atoms with Crippen molar-refractivity contribution in [3.05, 3.63) is 0 Å². The monoisotopic (exact) mass is 209 g/mol. The summed E-state index contributed by atoms with van der Waals surface area (Å²) in [7, 11) is 0. The molecule has 0 radical (unpaired) electrons. The average Bonchev–Trinajstić information content (AvgIpc) is 2.17. The summed E-state index contributed by atoms with van der Waals surface area (Å²) in [6.07, 6.45) is 10.3. The molecule has 2 atom stereocenters. The summed E-state index contributed by atoms with van der Waals surface area (Å²) in [6, 6.07) is 0. The van der Waals surface area contributed by atoms with Gasteiger partial charge in [-0.2, -0.15) is 0 Å². The van der Waals surface area contributed by atoms with E-state index >= 15 is 0 Å². The molecule has 2 rings (SSSR count). The quantitative estimate of drug-likeness (QED) is 0.733. The zero-order valence-electron chi connectivity index (χ0n) is 10.5.